The fourth-order valence-electron chi connectivity index (χ4n) is 3.00. The van der Waals surface area contributed by atoms with Gasteiger partial charge in [-0.3, -0.25) is 0 Å². The Labute approximate surface area is 140 Å². The topological polar surface area (TPSA) is 18.5 Å². The quantitative estimate of drug-likeness (QED) is 0.432. The van der Waals surface area contributed by atoms with Crippen molar-refractivity contribution < 1.29 is 9.47 Å². The zero-order chi connectivity index (χ0) is 16.5. The summed E-state index contributed by atoms with van der Waals surface area (Å²) >= 11 is 0. The molecule has 124 valence electrons. The molecular weight excluding hydrogens is 284 g/mol. The third-order valence-corrected chi connectivity index (χ3v) is 4.45. The molecule has 0 heterocycles. The summed E-state index contributed by atoms with van der Waals surface area (Å²) in [6.07, 6.45) is 5.70. The van der Waals surface area contributed by atoms with Crippen LogP contribution in [0.5, 0.6) is 0 Å². The Bertz CT molecular complexity index is 556. The molecule has 2 heteroatoms. The molecule has 0 saturated heterocycles. The largest absolute Gasteiger partial charge is 0.349 e. The van der Waals surface area contributed by atoms with Gasteiger partial charge in [0.1, 0.15) is 0 Å². The summed E-state index contributed by atoms with van der Waals surface area (Å²) in [5.74, 6) is -0.636. The van der Waals surface area contributed by atoms with E-state index < -0.39 is 5.79 Å². The van der Waals surface area contributed by atoms with Gasteiger partial charge in [0.2, 0.25) is 0 Å². The monoisotopic (exact) mass is 312 g/mol. The van der Waals surface area contributed by atoms with Crippen molar-refractivity contribution in [2.24, 2.45) is 0 Å². The maximum atomic E-state index is 5.78. The van der Waals surface area contributed by atoms with Crippen LogP contribution >= 0.6 is 0 Å². The molecule has 2 aromatic carbocycles. The average Bonchev–Trinajstić information content (AvgIpc) is 2.63. The predicted molar refractivity (Wildman–Crippen MR) is 96.3 cm³/mol. The minimum Gasteiger partial charge on any atom is -0.349 e. The number of rotatable bonds is 9. The van der Waals surface area contributed by atoms with Gasteiger partial charge in [-0.1, -0.05) is 80.8 Å². The molecule has 2 nitrogen and oxygen atoms in total. The maximum Gasteiger partial charge on any atom is 0.194 e. The van der Waals surface area contributed by atoms with E-state index in [1.54, 1.807) is 14.2 Å². The molecule has 0 unspecified atom stereocenters. The average molecular weight is 312 g/mol. The number of unbranched alkanes of at least 4 members (excludes halogenated alkanes) is 3. The molecule has 23 heavy (non-hydrogen) atoms. The van der Waals surface area contributed by atoms with Crippen molar-refractivity contribution >= 4 is 0 Å². The Morgan fingerprint density at radius 2 is 1.35 bits per heavy atom. The van der Waals surface area contributed by atoms with Crippen LogP contribution < -0.4 is 0 Å². The van der Waals surface area contributed by atoms with E-state index in [0.29, 0.717) is 0 Å². The number of ether oxygens (including phenoxy) is 2. The molecule has 0 aliphatic rings. The van der Waals surface area contributed by atoms with Gasteiger partial charge in [0.15, 0.2) is 5.79 Å². The summed E-state index contributed by atoms with van der Waals surface area (Å²) in [5.41, 5.74) is 3.52. The van der Waals surface area contributed by atoms with Crippen LogP contribution in [0.1, 0.15) is 44.6 Å². The molecule has 0 amide bonds. The number of benzene rings is 2. The van der Waals surface area contributed by atoms with Crippen LogP contribution in [0.4, 0.5) is 0 Å². The molecule has 0 aromatic heterocycles. The Hall–Kier alpha value is -1.64. The lowest BCUT2D eigenvalue weighted by Crippen LogP contribution is -2.30. The van der Waals surface area contributed by atoms with Crippen molar-refractivity contribution in [2.75, 3.05) is 14.2 Å². The van der Waals surface area contributed by atoms with Gasteiger partial charge in [0.05, 0.1) is 0 Å². The molecule has 0 aliphatic carbocycles. The lowest BCUT2D eigenvalue weighted by Gasteiger charge is -2.31. The van der Waals surface area contributed by atoms with Gasteiger partial charge in [0.25, 0.3) is 0 Å². The van der Waals surface area contributed by atoms with Gasteiger partial charge in [0, 0.05) is 26.2 Å². The van der Waals surface area contributed by atoms with Crippen molar-refractivity contribution in [1.82, 2.24) is 0 Å². The maximum absolute atomic E-state index is 5.78. The lowest BCUT2D eigenvalue weighted by molar-refractivity contribution is -0.221. The van der Waals surface area contributed by atoms with Crippen LogP contribution in [0, 0.1) is 0 Å². The molecule has 2 aromatic rings. The van der Waals surface area contributed by atoms with E-state index in [9.17, 15) is 0 Å². The number of hydrogen-bond donors (Lipinski definition) is 0. The standard InChI is InChI=1S/C21H28O2/c1-4-5-6-10-17-21(22-2,23-3)20-15-13-19(14-16-20)18-11-8-7-9-12-18/h7-9,11-16H,4-6,10,17H2,1-3H3. The van der Waals surface area contributed by atoms with Crippen molar-refractivity contribution in [3.8, 4) is 11.1 Å². The summed E-state index contributed by atoms with van der Waals surface area (Å²) in [4.78, 5) is 0. The first-order chi connectivity index (χ1) is 11.3. The van der Waals surface area contributed by atoms with Crippen molar-refractivity contribution in [3.63, 3.8) is 0 Å². The van der Waals surface area contributed by atoms with E-state index in [4.69, 9.17) is 9.47 Å². The summed E-state index contributed by atoms with van der Waals surface area (Å²) in [6.45, 7) is 2.22. The number of hydrogen-bond acceptors (Lipinski definition) is 2. The van der Waals surface area contributed by atoms with Crippen molar-refractivity contribution in [2.45, 2.75) is 44.8 Å². The van der Waals surface area contributed by atoms with E-state index in [1.165, 1.54) is 30.4 Å². The van der Waals surface area contributed by atoms with Gasteiger partial charge in [-0.15, -0.1) is 0 Å². The molecule has 0 fully saturated rings. The highest BCUT2D eigenvalue weighted by Crippen LogP contribution is 2.33. The van der Waals surface area contributed by atoms with Crippen LogP contribution in [0.2, 0.25) is 0 Å². The Balaban J connectivity index is 2.16. The van der Waals surface area contributed by atoms with E-state index in [-0.39, 0.29) is 0 Å². The molecule has 0 aliphatic heterocycles. The first kappa shape index (κ1) is 17.7. The van der Waals surface area contributed by atoms with Gasteiger partial charge < -0.3 is 9.47 Å². The summed E-state index contributed by atoms with van der Waals surface area (Å²) in [7, 11) is 3.46. The third kappa shape index (κ3) is 4.43. The minimum absolute atomic E-state index is 0.636. The van der Waals surface area contributed by atoms with E-state index >= 15 is 0 Å². The van der Waals surface area contributed by atoms with Crippen LogP contribution in [0.15, 0.2) is 54.6 Å². The fourth-order valence-corrected chi connectivity index (χ4v) is 3.00. The van der Waals surface area contributed by atoms with Crippen LogP contribution in [-0.2, 0) is 15.3 Å². The second kappa shape index (κ2) is 8.85. The molecule has 0 radical (unpaired) electrons. The van der Waals surface area contributed by atoms with Gasteiger partial charge in [-0.2, -0.15) is 0 Å². The van der Waals surface area contributed by atoms with E-state index in [0.717, 1.165) is 18.4 Å². The second-order valence-electron chi connectivity index (χ2n) is 5.92. The van der Waals surface area contributed by atoms with Crippen LogP contribution in [-0.4, -0.2) is 14.2 Å². The second-order valence-corrected chi connectivity index (χ2v) is 5.92. The number of methoxy groups -OCH3 is 2. The highest BCUT2D eigenvalue weighted by molar-refractivity contribution is 5.63. The molecule has 0 saturated carbocycles. The van der Waals surface area contributed by atoms with Crippen LogP contribution in [0.3, 0.4) is 0 Å². The summed E-state index contributed by atoms with van der Waals surface area (Å²) in [5, 5.41) is 0. The molecule has 0 N–H and O–H groups in total. The zero-order valence-electron chi connectivity index (χ0n) is 14.5. The Morgan fingerprint density at radius 3 is 1.91 bits per heavy atom. The minimum atomic E-state index is -0.636. The molecule has 2 rings (SSSR count). The Kier molecular flexibility index (Phi) is 6.82. The van der Waals surface area contributed by atoms with Crippen molar-refractivity contribution in [3.05, 3.63) is 60.2 Å². The molecular formula is C21H28O2. The van der Waals surface area contributed by atoms with Gasteiger partial charge in [-0.05, 0) is 17.5 Å². The molecule has 0 spiro atoms. The third-order valence-electron chi connectivity index (χ3n) is 4.45. The van der Waals surface area contributed by atoms with E-state index in [2.05, 4.69) is 55.5 Å². The first-order valence-corrected chi connectivity index (χ1v) is 8.52. The normalized spacial score (nSPS) is 11.6. The first-order valence-electron chi connectivity index (χ1n) is 8.52. The molecule has 0 atom stereocenters. The summed E-state index contributed by atoms with van der Waals surface area (Å²) < 4.78 is 11.6. The SMILES string of the molecule is CCCCCCC(OC)(OC)c1ccc(-c2ccccc2)cc1. The lowest BCUT2D eigenvalue weighted by atomic mass is 9.96. The molecule has 0 bridgehead atoms. The summed E-state index contributed by atoms with van der Waals surface area (Å²) in [6, 6.07) is 18.9. The highest BCUT2D eigenvalue weighted by Gasteiger charge is 2.31. The van der Waals surface area contributed by atoms with Gasteiger partial charge in [-0.25, -0.2) is 0 Å². The smallest absolute Gasteiger partial charge is 0.194 e. The van der Waals surface area contributed by atoms with Crippen molar-refractivity contribution in [1.29, 1.82) is 0 Å². The fraction of sp³-hybridized carbons (Fsp3) is 0.429. The predicted octanol–water partition coefficient (Wildman–Crippen LogP) is 5.77. The van der Waals surface area contributed by atoms with E-state index in [1.807, 2.05) is 6.07 Å². The zero-order valence-corrected chi connectivity index (χ0v) is 14.5. The van der Waals surface area contributed by atoms with Crippen LogP contribution in [0.25, 0.3) is 11.1 Å². The van der Waals surface area contributed by atoms with Gasteiger partial charge >= 0.3 is 0 Å². The highest BCUT2D eigenvalue weighted by atomic mass is 16.7. The Morgan fingerprint density at radius 1 is 0.739 bits per heavy atom.